The van der Waals surface area contributed by atoms with Gasteiger partial charge in [-0.3, -0.25) is 0 Å². The van der Waals surface area contributed by atoms with Crippen molar-refractivity contribution in [3.63, 3.8) is 0 Å². The molecule has 0 saturated carbocycles. The largest absolute Gasteiger partial charge is 0.370 e. The number of nitrogens with zero attached hydrogens (tertiary/aromatic N) is 1. The van der Waals surface area contributed by atoms with E-state index in [9.17, 15) is 4.39 Å². The van der Waals surface area contributed by atoms with Crippen LogP contribution in [-0.2, 0) is 0 Å². The summed E-state index contributed by atoms with van der Waals surface area (Å²) in [5.74, 6) is 1.06. The molecule has 3 nitrogen and oxygen atoms in total. The summed E-state index contributed by atoms with van der Waals surface area (Å²) in [5.41, 5.74) is 0.502. The van der Waals surface area contributed by atoms with Crippen molar-refractivity contribution < 1.29 is 4.39 Å². The van der Waals surface area contributed by atoms with Crippen LogP contribution in [0.5, 0.6) is 0 Å². The standard InChI is InChI=1S/C14H15ClFN3/c1-2-8-17-13-4-3-5-14(19-13)18-12-9-10(16)6-7-11(12)15/h3-7,9H,2,8H2,1H3,(H2,17,18,19). The lowest BCUT2D eigenvalue weighted by molar-refractivity contribution is 0.628. The molecule has 0 atom stereocenters. The van der Waals surface area contributed by atoms with Gasteiger partial charge in [-0.05, 0) is 36.8 Å². The van der Waals surface area contributed by atoms with Crippen LogP contribution in [0, 0.1) is 5.82 Å². The Morgan fingerprint density at radius 2 is 2.00 bits per heavy atom. The summed E-state index contributed by atoms with van der Waals surface area (Å²) >= 11 is 6.00. The maximum Gasteiger partial charge on any atom is 0.132 e. The van der Waals surface area contributed by atoms with Gasteiger partial charge in [0.05, 0.1) is 10.7 Å². The van der Waals surface area contributed by atoms with E-state index in [1.165, 1.54) is 18.2 Å². The Morgan fingerprint density at radius 3 is 2.79 bits per heavy atom. The van der Waals surface area contributed by atoms with E-state index < -0.39 is 0 Å². The topological polar surface area (TPSA) is 37.0 Å². The van der Waals surface area contributed by atoms with Gasteiger partial charge in [0, 0.05) is 6.54 Å². The van der Waals surface area contributed by atoms with Crippen LogP contribution < -0.4 is 10.6 Å². The summed E-state index contributed by atoms with van der Waals surface area (Å²) < 4.78 is 13.2. The van der Waals surface area contributed by atoms with E-state index in [1.54, 1.807) is 6.07 Å². The van der Waals surface area contributed by atoms with Gasteiger partial charge in [-0.15, -0.1) is 0 Å². The second-order valence-electron chi connectivity index (χ2n) is 4.08. The van der Waals surface area contributed by atoms with Crippen molar-refractivity contribution in [1.82, 2.24) is 4.98 Å². The van der Waals surface area contributed by atoms with E-state index in [0.29, 0.717) is 16.5 Å². The number of anilines is 3. The summed E-state index contributed by atoms with van der Waals surface area (Å²) in [6, 6.07) is 9.74. The Labute approximate surface area is 116 Å². The molecule has 2 N–H and O–H groups in total. The quantitative estimate of drug-likeness (QED) is 0.849. The molecule has 100 valence electrons. The fourth-order valence-electron chi connectivity index (χ4n) is 1.59. The van der Waals surface area contributed by atoms with E-state index in [4.69, 9.17) is 11.6 Å². The molecule has 0 unspecified atom stereocenters. The Morgan fingerprint density at radius 1 is 1.21 bits per heavy atom. The third-order valence-electron chi connectivity index (χ3n) is 2.50. The first-order valence-corrected chi connectivity index (χ1v) is 6.50. The van der Waals surface area contributed by atoms with Crippen molar-refractivity contribution in [3.05, 3.63) is 47.2 Å². The van der Waals surface area contributed by atoms with Gasteiger partial charge in [-0.1, -0.05) is 24.6 Å². The number of halogens is 2. The molecule has 1 heterocycles. The van der Waals surface area contributed by atoms with Gasteiger partial charge in [-0.25, -0.2) is 9.37 Å². The number of pyridine rings is 1. The first-order valence-electron chi connectivity index (χ1n) is 6.12. The van der Waals surface area contributed by atoms with Crippen LogP contribution in [-0.4, -0.2) is 11.5 Å². The fourth-order valence-corrected chi connectivity index (χ4v) is 1.75. The molecule has 19 heavy (non-hydrogen) atoms. The number of hydrogen-bond donors (Lipinski definition) is 2. The molecule has 5 heteroatoms. The molecule has 0 aliphatic rings. The molecular weight excluding hydrogens is 265 g/mol. The third kappa shape index (κ3) is 3.83. The Hall–Kier alpha value is -1.81. The molecule has 0 saturated heterocycles. The summed E-state index contributed by atoms with van der Waals surface area (Å²) in [4.78, 5) is 4.37. The van der Waals surface area contributed by atoms with Crippen molar-refractivity contribution in [2.24, 2.45) is 0 Å². The normalized spacial score (nSPS) is 10.3. The smallest absolute Gasteiger partial charge is 0.132 e. The van der Waals surface area contributed by atoms with Crippen molar-refractivity contribution in [3.8, 4) is 0 Å². The number of aromatic nitrogens is 1. The SMILES string of the molecule is CCCNc1cccc(Nc2cc(F)ccc2Cl)n1. The maximum atomic E-state index is 13.2. The van der Waals surface area contributed by atoms with Crippen LogP contribution in [0.25, 0.3) is 0 Å². The monoisotopic (exact) mass is 279 g/mol. The van der Waals surface area contributed by atoms with Gasteiger partial charge >= 0.3 is 0 Å². The van der Waals surface area contributed by atoms with E-state index in [1.807, 2.05) is 12.1 Å². The van der Waals surface area contributed by atoms with E-state index >= 15 is 0 Å². The molecule has 1 aromatic heterocycles. The number of nitrogens with one attached hydrogen (secondary N) is 2. The van der Waals surface area contributed by atoms with E-state index in [-0.39, 0.29) is 5.82 Å². The zero-order valence-corrected chi connectivity index (χ0v) is 11.3. The summed E-state index contributed by atoms with van der Waals surface area (Å²) in [7, 11) is 0. The minimum Gasteiger partial charge on any atom is -0.370 e. The first kappa shape index (κ1) is 13.6. The minimum absolute atomic E-state index is 0.341. The Balaban J connectivity index is 2.16. The Kier molecular flexibility index (Phi) is 4.58. The number of benzene rings is 1. The lowest BCUT2D eigenvalue weighted by Gasteiger charge is -2.10. The van der Waals surface area contributed by atoms with Gasteiger partial charge in [0.1, 0.15) is 17.5 Å². The van der Waals surface area contributed by atoms with Gasteiger partial charge < -0.3 is 10.6 Å². The summed E-state index contributed by atoms with van der Waals surface area (Å²) in [5, 5.41) is 6.65. The van der Waals surface area contributed by atoms with Crippen molar-refractivity contribution in [1.29, 1.82) is 0 Å². The zero-order valence-electron chi connectivity index (χ0n) is 10.6. The third-order valence-corrected chi connectivity index (χ3v) is 2.83. The molecule has 0 amide bonds. The van der Waals surface area contributed by atoms with Crippen LogP contribution in [0.15, 0.2) is 36.4 Å². The lowest BCUT2D eigenvalue weighted by Crippen LogP contribution is -2.03. The van der Waals surface area contributed by atoms with Gasteiger partial charge in [0.25, 0.3) is 0 Å². The zero-order chi connectivity index (χ0) is 13.7. The van der Waals surface area contributed by atoms with Crippen LogP contribution in [0.3, 0.4) is 0 Å². The highest BCUT2D eigenvalue weighted by molar-refractivity contribution is 6.33. The maximum absolute atomic E-state index is 13.2. The minimum atomic E-state index is -0.341. The molecule has 0 fully saturated rings. The molecule has 0 radical (unpaired) electrons. The second-order valence-corrected chi connectivity index (χ2v) is 4.49. The molecule has 2 rings (SSSR count). The highest BCUT2D eigenvalue weighted by Gasteiger charge is 2.04. The average molecular weight is 280 g/mol. The van der Waals surface area contributed by atoms with Crippen molar-refractivity contribution >= 4 is 28.9 Å². The molecule has 0 aliphatic carbocycles. The molecule has 0 spiro atoms. The predicted molar refractivity (Wildman–Crippen MR) is 77.7 cm³/mol. The van der Waals surface area contributed by atoms with Gasteiger partial charge in [-0.2, -0.15) is 0 Å². The number of hydrogen-bond acceptors (Lipinski definition) is 3. The van der Waals surface area contributed by atoms with Crippen LogP contribution >= 0.6 is 11.6 Å². The van der Waals surface area contributed by atoms with E-state index in [2.05, 4.69) is 22.5 Å². The highest BCUT2D eigenvalue weighted by atomic mass is 35.5. The van der Waals surface area contributed by atoms with Crippen LogP contribution in [0.1, 0.15) is 13.3 Å². The molecule has 0 aliphatic heterocycles. The second kappa shape index (κ2) is 6.38. The van der Waals surface area contributed by atoms with Crippen LogP contribution in [0.2, 0.25) is 5.02 Å². The molecule has 1 aromatic carbocycles. The predicted octanol–water partition coefficient (Wildman–Crippen LogP) is 4.44. The molecular formula is C14H15ClFN3. The molecule has 2 aromatic rings. The number of rotatable bonds is 5. The molecule has 0 bridgehead atoms. The van der Waals surface area contributed by atoms with Crippen LogP contribution in [0.4, 0.5) is 21.7 Å². The van der Waals surface area contributed by atoms with E-state index in [0.717, 1.165) is 18.8 Å². The summed E-state index contributed by atoms with van der Waals surface area (Å²) in [6.07, 6.45) is 1.02. The van der Waals surface area contributed by atoms with Crippen molar-refractivity contribution in [2.45, 2.75) is 13.3 Å². The average Bonchev–Trinajstić information content (AvgIpc) is 2.41. The first-order chi connectivity index (χ1) is 9.19. The summed E-state index contributed by atoms with van der Waals surface area (Å²) in [6.45, 7) is 2.94. The van der Waals surface area contributed by atoms with Gasteiger partial charge in [0.15, 0.2) is 0 Å². The highest BCUT2D eigenvalue weighted by Crippen LogP contribution is 2.25. The fraction of sp³-hybridized carbons (Fsp3) is 0.214. The Bertz CT molecular complexity index is 560. The van der Waals surface area contributed by atoms with Crippen molar-refractivity contribution in [2.75, 3.05) is 17.2 Å². The lowest BCUT2D eigenvalue weighted by atomic mass is 10.3. The van der Waals surface area contributed by atoms with Gasteiger partial charge in [0.2, 0.25) is 0 Å².